The van der Waals surface area contributed by atoms with Crippen LogP contribution in [0.5, 0.6) is 0 Å². The zero-order valence-electron chi connectivity index (χ0n) is 18.7. The number of benzene rings is 3. The molecule has 176 valence electrons. The summed E-state index contributed by atoms with van der Waals surface area (Å²) in [6, 6.07) is 18.8. The van der Waals surface area contributed by atoms with E-state index in [9.17, 15) is 23.3 Å². The Labute approximate surface area is 198 Å². The van der Waals surface area contributed by atoms with E-state index in [1.54, 1.807) is 18.2 Å². The number of fused-ring (bicyclic) bond motifs is 1. The molecule has 4 rings (SSSR count). The van der Waals surface area contributed by atoms with Crippen molar-refractivity contribution in [3.8, 4) is 0 Å². The first-order chi connectivity index (χ1) is 16.3. The predicted octanol–water partition coefficient (Wildman–Crippen LogP) is 4.16. The number of nitrogens with zero attached hydrogens (tertiary/aromatic N) is 2. The molecule has 0 saturated heterocycles. The molecule has 34 heavy (non-hydrogen) atoms. The van der Waals surface area contributed by atoms with Crippen LogP contribution in [0.1, 0.15) is 36.1 Å². The highest BCUT2D eigenvalue weighted by Crippen LogP contribution is 2.28. The number of aryl methyl sites for hydroxylation is 2. The molecule has 1 aliphatic carbocycles. The lowest BCUT2D eigenvalue weighted by molar-refractivity contribution is -0.384. The maximum absolute atomic E-state index is 13.4. The topological polar surface area (TPSA) is 110 Å². The van der Waals surface area contributed by atoms with Crippen LogP contribution in [0.2, 0.25) is 0 Å². The van der Waals surface area contributed by atoms with Crippen LogP contribution in [-0.4, -0.2) is 25.8 Å². The Kier molecular flexibility index (Phi) is 6.65. The summed E-state index contributed by atoms with van der Waals surface area (Å²) in [6.07, 6.45) is 3.20. The van der Waals surface area contributed by atoms with Crippen LogP contribution in [0, 0.1) is 10.1 Å². The second-order valence-electron chi connectivity index (χ2n) is 8.27. The van der Waals surface area contributed by atoms with Gasteiger partial charge in [-0.25, -0.2) is 8.42 Å². The normalized spacial score (nSPS) is 13.7. The van der Waals surface area contributed by atoms with Crippen LogP contribution in [-0.2, 0) is 27.7 Å². The third kappa shape index (κ3) is 4.94. The average molecular weight is 480 g/mol. The molecule has 1 amide bonds. The molecular weight excluding hydrogens is 454 g/mol. The summed E-state index contributed by atoms with van der Waals surface area (Å²) in [5.41, 5.74) is 3.33. The fourth-order valence-corrected chi connectivity index (χ4v) is 5.59. The fraction of sp³-hybridized carbons (Fsp3) is 0.240. The van der Waals surface area contributed by atoms with E-state index >= 15 is 0 Å². The maximum atomic E-state index is 13.4. The molecule has 8 nitrogen and oxygen atoms in total. The van der Waals surface area contributed by atoms with E-state index in [1.807, 2.05) is 13.0 Å². The van der Waals surface area contributed by atoms with Gasteiger partial charge in [-0.15, -0.1) is 0 Å². The van der Waals surface area contributed by atoms with Crippen LogP contribution >= 0.6 is 0 Å². The molecule has 1 atom stereocenters. The number of anilines is 1. The van der Waals surface area contributed by atoms with Crippen molar-refractivity contribution in [2.75, 3.05) is 10.8 Å². The number of hydrogen-bond acceptors (Lipinski definition) is 5. The SMILES string of the molecule is C[C@H](NC(=O)CN(c1cccc([N+](=O)[O-])c1)S(=O)(=O)c1ccccc1)c1ccc2c(c1)CCC2. The van der Waals surface area contributed by atoms with Gasteiger partial charge in [0.2, 0.25) is 5.91 Å². The van der Waals surface area contributed by atoms with Gasteiger partial charge in [-0.1, -0.05) is 42.5 Å². The summed E-state index contributed by atoms with van der Waals surface area (Å²) in [6.45, 7) is 1.33. The van der Waals surface area contributed by atoms with E-state index in [1.165, 1.54) is 41.5 Å². The number of nitrogens with one attached hydrogen (secondary N) is 1. The second kappa shape index (κ2) is 9.64. The van der Waals surface area contributed by atoms with Crippen molar-refractivity contribution >= 4 is 27.3 Å². The quantitative estimate of drug-likeness (QED) is 0.385. The van der Waals surface area contributed by atoms with Gasteiger partial charge in [0.15, 0.2) is 0 Å². The molecule has 0 saturated carbocycles. The minimum atomic E-state index is -4.15. The maximum Gasteiger partial charge on any atom is 0.271 e. The molecule has 0 spiro atoms. The summed E-state index contributed by atoms with van der Waals surface area (Å²) in [5, 5.41) is 14.1. The molecule has 0 aliphatic heterocycles. The van der Waals surface area contributed by atoms with Crippen LogP contribution in [0.25, 0.3) is 0 Å². The standard InChI is InChI=1S/C25H25N3O5S/c1-18(20-14-13-19-7-5-8-21(19)15-20)26-25(29)17-27(22-9-6-10-23(16-22)28(30)31)34(32,33)24-11-3-2-4-12-24/h2-4,6,9-16,18H,5,7-8,17H2,1H3,(H,26,29)/t18-/m0/s1. The van der Waals surface area contributed by atoms with E-state index in [0.29, 0.717) is 0 Å². The fourth-order valence-electron chi connectivity index (χ4n) is 4.16. The van der Waals surface area contributed by atoms with Gasteiger partial charge >= 0.3 is 0 Å². The zero-order chi connectivity index (χ0) is 24.3. The van der Waals surface area contributed by atoms with Crippen molar-refractivity contribution in [1.29, 1.82) is 0 Å². The number of sulfonamides is 1. The summed E-state index contributed by atoms with van der Waals surface area (Å²) in [5.74, 6) is -0.515. The molecule has 0 unspecified atom stereocenters. The lowest BCUT2D eigenvalue weighted by Crippen LogP contribution is -2.41. The van der Waals surface area contributed by atoms with Gasteiger partial charge in [0.25, 0.3) is 15.7 Å². The number of rotatable bonds is 8. The van der Waals surface area contributed by atoms with Crippen LogP contribution in [0.3, 0.4) is 0 Å². The number of nitro groups is 1. The highest BCUT2D eigenvalue weighted by molar-refractivity contribution is 7.92. The minimum Gasteiger partial charge on any atom is -0.348 e. The van der Waals surface area contributed by atoms with Crippen molar-refractivity contribution in [2.24, 2.45) is 0 Å². The van der Waals surface area contributed by atoms with Gasteiger partial charge < -0.3 is 5.32 Å². The molecule has 9 heteroatoms. The Morgan fingerprint density at radius 3 is 2.50 bits per heavy atom. The number of nitro benzene ring substituents is 1. The van der Waals surface area contributed by atoms with E-state index in [-0.39, 0.29) is 22.3 Å². The smallest absolute Gasteiger partial charge is 0.271 e. The van der Waals surface area contributed by atoms with Gasteiger partial charge in [0, 0.05) is 12.1 Å². The highest BCUT2D eigenvalue weighted by atomic mass is 32.2. The van der Waals surface area contributed by atoms with E-state index in [0.717, 1.165) is 35.2 Å². The largest absolute Gasteiger partial charge is 0.348 e. The van der Waals surface area contributed by atoms with Crippen LogP contribution in [0.15, 0.2) is 77.7 Å². The molecule has 0 bridgehead atoms. The molecule has 0 heterocycles. The zero-order valence-corrected chi connectivity index (χ0v) is 19.5. The van der Waals surface area contributed by atoms with E-state index in [2.05, 4.69) is 17.4 Å². The molecule has 1 aliphatic rings. The monoisotopic (exact) mass is 479 g/mol. The lowest BCUT2D eigenvalue weighted by atomic mass is 10.0. The molecular formula is C25H25N3O5S. The Balaban J connectivity index is 1.61. The third-order valence-electron chi connectivity index (χ3n) is 5.95. The summed E-state index contributed by atoms with van der Waals surface area (Å²) in [7, 11) is -4.15. The third-order valence-corrected chi connectivity index (χ3v) is 7.74. The summed E-state index contributed by atoms with van der Waals surface area (Å²) in [4.78, 5) is 23.6. The van der Waals surface area contributed by atoms with Crippen molar-refractivity contribution < 1.29 is 18.1 Å². The molecule has 1 N–H and O–H groups in total. The average Bonchev–Trinajstić information content (AvgIpc) is 3.31. The number of non-ortho nitro benzene ring substituents is 1. The Morgan fingerprint density at radius 1 is 1.03 bits per heavy atom. The van der Waals surface area contributed by atoms with Crippen molar-refractivity contribution in [3.05, 3.63) is 99.6 Å². The predicted molar refractivity (Wildman–Crippen MR) is 129 cm³/mol. The molecule has 3 aromatic rings. The van der Waals surface area contributed by atoms with E-state index < -0.39 is 27.4 Å². The first kappa shape index (κ1) is 23.4. The molecule has 0 fully saturated rings. The van der Waals surface area contributed by atoms with Crippen molar-refractivity contribution in [1.82, 2.24) is 5.32 Å². The Morgan fingerprint density at radius 2 is 1.76 bits per heavy atom. The number of carbonyl (C=O) groups is 1. The van der Waals surface area contributed by atoms with Gasteiger partial charge in [-0.05, 0) is 61.1 Å². The van der Waals surface area contributed by atoms with Gasteiger partial charge in [-0.3, -0.25) is 19.2 Å². The lowest BCUT2D eigenvalue weighted by Gasteiger charge is -2.25. The van der Waals surface area contributed by atoms with Crippen molar-refractivity contribution in [3.63, 3.8) is 0 Å². The second-order valence-corrected chi connectivity index (χ2v) is 10.1. The first-order valence-corrected chi connectivity index (χ1v) is 12.4. The van der Waals surface area contributed by atoms with Gasteiger partial charge in [0.05, 0.1) is 21.5 Å². The molecule has 0 radical (unpaired) electrons. The van der Waals surface area contributed by atoms with Crippen LogP contribution < -0.4 is 9.62 Å². The van der Waals surface area contributed by atoms with Gasteiger partial charge in [-0.2, -0.15) is 0 Å². The molecule has 0 aromatic heterocycles. The molecule has 3 aromatic carbocycles. The van der Waals surface area contributed by atoms with Crippen molar-refractivity contribution in [2.45, 2.75) is 37.1 Å². The number of amides is 1. The first-order valence-electron chi connectivity index (χ1n) is 11.0. The Hall–Kier alpha value is -3.72. The highest BCUT2D eigenvalue weighted by Gasteiger charge is 2.28. The minimum absolute atomic E-state index is 0.0130. The van der Waals surface area contributed by atoms with Crippen LogP contribution in [0.4, 0.5) is 11.4 Å². The van der Waals surface area contributed by atoms with E-state index in [4.69, 9.17) is 0 Å². The Bertz CT molecular complexity index is 1330. The van der Waals surface area contributed by atoms with Gasteiger partial charge in [0.1, 0.15) is 6.54 Å². The number of carbonyl (C=O) groups excluding carboxylic acids is 1. The summed E-state index contributed by atoms with van der Waals surface area (Å²) < 4.78 is 27.7. The summed E-state index contributed by atoms with van der Waals surface area (Å²) >= 11 is 0. The number of hydrogen-bond donors (Lipinski definition) is 1.